The molecule has 0 aliphatic heterocycles. The quantitative estimate of drug-likeness (QED) is 0.699. The Morgan fingerprint density at radius 2 is 2.07 bits per heavy atom. The summed E-state index contributed by atoms with van der Waals surface area (Å²) in [6.45, 7) is 5.71. The smallest absolute Gasteiger partial charge is 0.404 e. The minimum Gasteiger partial charge on any atom is -0.448 e. The highest BCUT2D eigenvalue weighted by atomic mass is 16.5. The molecule has 4 nitrogen and oxygen atoms in total. The summed E-state index contributed by atoms with van der Waals surface area (Å²) in [5.41, 5.74) is 5.36. The van der Waals surface area contributed by atoms with Gasteiger partial charge >= 0.3 is 6.09 Å². The third kappa shape index (κ3) is 5.02. The van der Waals surface area contributed by atoms with Gasteiger partial charge in [0, 0.05) is 12.6 Å². The number of hydrogen-bond donors (Lipinski definition) is 2. The Labute approximate surface area is 91.5 Å². The van der Waals surface area contributed by atoms with Crippen molar-refractivity contribution in [2.45, 2.75) is 45.6 Å². The Kier molecular flexibility index (Phi) is 4.39. The van der Waals surface area contributed by atoms with Crippen LogP contribution in [0.2, 0.25) is 0 Å². The molecule has 1 saturated carbocycles. The van der Waals surface area contributed by atoms with E-state index in [0.717, 1.165) is 0 Å². The van der Waals surface area contributed by atoms with E-state index in [1.54, 1.807) is 0 Å². The fourth-order valence-electron chi connectivity index (χ4n) is 2.02. The van der Waals surface area contributed by atoms with Crippen molar-refractivity contribution in [2.24, 2.45) is 11.1 Å². The van der Waals surface area contributed by atoms with Crippen LogP contribution in [0.3, 0.4) is 0 Å². The van der Waals surface area contributed by atoms with Crippen LogP contribution in [0.5, 0.6) is 0 Å². The molecule has 0 spiro atoms. The van der Waals surface area contributed by atoms with Crippen molar-refractivity contribution in [3.05, 3.63) is 0 Å². The zero-order chi connectivity index (χ0) is 11.3. The number of rotatable bonds is 4. The maximum atomic E-state index is 10.3. The van der Waals surface area contributed by atoms with Crippen molar-refractivity contribution < 1.29 is 9.53 Å². The summed E-state index contributed by atoms with van der Waals surface area (Å²) in [5, 5.41) is 3.38. The molecular formula is C11H22N2O2. The maximum absolute atomic E-state index is 10.3. The largest absolute Gasteiger partial charge is 0.448 e. The molecule has 0 aromatic carbocycles. The van der Waals surface area contributed by atoms with Gasteiger partial charge in [-0.3, -0.25) is 0 Å². The molecule has 0 aromatic rings. The monoisotopic (exact) mass is 214 g/mol. The third-order valence-electron chi connectivity index (χ3n) is 3.12. The van der Waals surface area contributed by atoms with Crippen molar-refractivity contribution in [3.63, 3.8) is 0 Å². The first-order chi connectivity index (χ1) is 6.99. The van der Waals surface area contributed by atoms with Crippen LogP contribution in [0, 0.1) is 5.41 Å². The summed E-state index contributed by atoms with van der Waals surface area (Å²) in [7, 11) is 0. The molecule has 1 aliphatic carbocycles. The maximum Gasteiger partial charge on any atom is 0.404 e. The summed E-state index contributed by atoms with van der Waals surface area (Å²) in [6.07, 6.45) is 4.26. The van der Waals surface area contributed by atoms with E-state index in [2.05, 4.69) is 23.9 Å². The lowest BCUT2D eigenvalue weighted by Gasteiger charge is -2.34. The molecule has 3 N–H and O–H groups in total. The Bertz CT molecular complexity index is 207. The number of primary amides is 1. The van der Waals surface area contributed by atoms with E-state index >= 15 is 0 Å². The zero-order valence-corrected chi connectivity index (χ0v) is 9.71. The topological polar surface area (TPSA) is 64.3 Å². The minimum absolute atomic E-state index is 0.370. The van der Waals surface area contributed by atoms with Crippen molar-refractivity contribution in [2.75, 3.05) is 13.2 Å². The van der Waals surface area contributed by atoms with Crippen LogP contribution >= 0.6 is 0 Å². The molecule has 1 amide bonds. The number of amides is 1. The number of ether oxygens (including phenoxy) is 1. The van der Waals surface area contributed by atoms with Gasteiger partial charge in [-0.25, -0.2) is 4.79 Å². The van der Waals surface area contributed by atoms with E-state index in [1.165, 1.54) is 25.7 Å². The second-order valence-electron chi connectivity index (χ2n) is 5.06. The molecular weight excluding hydrogens is 192 g/mol. The van der Waals surface area contributed by atoms with Gasteiger partial charge in [0.05, 0.1) is 0 Å². The molecule has 0 bridgehead atoms. The van der Waals surface area contributed by atoms with Crippen LogP contribution in [0.25, 0.3) is 0 Å². The molecule has 0 heterocycles. The fourth-order valence-corrected chi connectivity index (χ4v) is 2.02. The first kappa shape index (κ1) is 12.3. The average Bonchev–Trinajstić information content (AvgIpc) is 2.14. The van der Waals surface area contributed by atoms with E-state index in [0.29, 0.717) is 24.6 Å². The van der Waals surface area contributed by atoms with E-state index < -0.39 is 6.09 Å². The highest BCUT2D eigenvalue weighted by Gasteiger charge is 2.26. The molecule has 0 saturated heterocycles. The van der Waals surface area contributed by atoms with Crippen LogP contribution in [-0.2, 0) is 4.74 Å². The summed E-state index contributed by atoms with van der Waals surface area (Å²) < 4.78 is 4.65. The lowest BCUT2D eigenvalue weighted by Crippen LogP contribution is -2.37. The molecule has 0 atom stereocenters. The standard InChI is InChI=1S/C11H22N2O2/c1-11(2)5-3-9(4-6-11)13-7-8-15-10(12)14/h9,13H,3-8H2,1-2H3,(H2,12,14). The third-order valence-corrected chi connectivity index (χ3v) is 3.12. The van der Waals surface area contributed by atoms with E-state index in [-0.39, 0.29) is 0 Å². The number of carbonyl (C=O) groups excluding carboxylic acids is 1. The summed E-state index contributed by atoms with van der Waals surface area (Å²) in [6, 6.07) is 0.578. The zero-order valence-electron chi connectivity index (χ0n) is 9.71. The van der Waals surface area contributed by atoms with Gasteiger partial charge in [-0.15, -0.1) is 0 Å². The summed E-state index contributed by atoms with van der Waals surface area (Å²) in [5.74, 6) is 0. The minimum atomic E-state index is -0.693. The highest BCUT2D eigenvalue weighted by Crippen LogP contribution is 2.34. The van der Waals surface area contributed by atoms with Gasteiger partial charge in [0.2, 0.25) is 0 Å². The number of carbonyl (C=O) groups is 1. The van der Waals surface area contributed by atoms with Crippen molar-refractivity contribution >= 4 is 6.09 Å². The Hall–Kier alpha value is -0.770. The highest BCUT2D eigenvalue weighted by molar-refractivity contribution is 5.64. The first-order valence-corrected chi connectivity index (χ1v) is 5.65. The van der Waals surface area contributed by atoms with Crippen molar-refractivity contribution in [1.29, 1.82) is 0 Å². The molecule has 15 heavy (non-hydrogen) atoms. The van der Waals surface area contributed by atoms with Crippen molar-refractivity contribution in [3.8, 4) is 0 Å². The number of nitrogens with two attached hydrogens (primary N) is 1. The van der Waals surface area contributed by atoms with E-state index in [4.69, 9.17) is 5.73 Å². The lowest BCUT2D eigenvalue weighted by molar-refractivity contribution is 0.151. The normalized spacial score (nSPS) is 21.2. The lowest BCUT2D eigenvalue weighted by atomic mass is 9.75. The first-order valence-electron chi connectivity index (χ1n) is 5.65. The van der Waals surface area contributed by atoms with Gasteiger partial charge in [-0.2, -0.15) is 0 Å². The Morgan fingerprint density at radius 3 is 2.60 bits per heavy atom. The van der Waals surface area contributed by atoms with Gasteiger partial charge in [-0.05, 0) is 31.1 Å². The van der Waals surface area contributed by atoms with Gasteiger partial charge in [0.1, 0.15) is 6.61 Å². The Morgan fingerprint density at radius 1 is 1.47 bits per heavy atom. The molecule has 1 fully saturated rings. The summed E-state index contributed by atoms with van der Waals surface area (Å²) >= 11 is 0. The molecule has 0 aromatic heterocycles. The number of hydrogen-bond acceptors (Lipinski definition) is 3. The second-order valence-corrected chi connectivity index (χ2v) is 5.06. The van der Waals surface area contributed by atoms with Crippen LogP contribution in [0.4, 0.5) is 4.79 Å². The predicted molar refractivity (Wildman–Crippen MR) is 59.6 cm³/mol. The van der Waals surface area contributed by atoms with Gasteiger partial charge in [-0.1, -0.05) is 13.8 Å². The molecule has 0 unspecified atom stereocenters. The SMILES string of the molecule is CC1(C)CCC(NCCOC(N)=O)CC1. The molecule has 4 heteroatoms. The average molecular weight is 214 g/mol. The second kappa shape index (κ2) is 5.35. The molecule has 1 rings (SSSR count). The molecule has 88 valence electrons. The van der Waals surface area contributed by atoms with Crippen molar-refractivity contribution in [1.82, 2.24) is 5.32 Å². The fraction of sp³-hybridized carbons (Fsp3) is 0.909. The van der Waals surface area contributed by atoms with Crippen LogP contribution in [0.15, 0.2) is 0 Å². The van der Waals surface area contributed by atoms with Gasteiger partial charge < -0.3 is 15.8 Å². The van der Waals surface area contributed by atoms with Crippen LogP contribution in [-0.4, -0.2) is 25.3 Å². The van der Waals surface area contributed by atoms with Gasteiger partial charge in [0.25, 0.3) is 0 Å². The van der Waals surface area contributed by atoms with Gasteiger partial charge in [0.15, 0.2) is 0 Å². The van der Waals surface area contributed by atoms with Crippen LogP contribution in [0.1, 0.15) is 39.5 Å². The van der Waals surface area contributed by atoms with E-state index in [1.807, 2.05) is 0 Å². The number of nitrogens with one attached hydrogen (secondary N) is 1. The molecule has 1 aliphatic rings. The summed E-state index contributed by atoms with van der Waals surface area (Å²) in [4.78, 5) is 10.3. The molecule has 0 radical (unpaired) electrons. The Balaban J connectivity index is 2.06. The van der Waals surface area contributed by atoms with E-state index in [9.17, 15) is 4.79 Å². The predicted octanol–water partition coefficient (Wildman–Crippen LogP) is 1.64. The van der Waals surface area contributed by atoms with Crippen LogP contribution < -0.4 is 11.1 Å².